The summed E-state index contributed by atoms with van der Waals surface area (Å²) in [5, 5.41) is 0. The van der Waals surface area contributed by atoms with Crippen LogP contribution in [-0.4, -0.2) is 38.1 Å². The summed E-state index contributed by atoms with van der Waals surface area (Å²) >= 11 is 0. The zero-order chi connectivity index (χ0) is 18.5. The topological polar surface area (TPSA) is 32.8 Å². The zero-order valence-corrected chi connectivity index (χ0v) is 16.0. The molecule has 2 aromatic rings. The quantitative estimate of drug-likeness (QED) is 0.806. The van der Waals surface area contributed by atoms with Crippen LogP contribution in [0, 0.1) is 6.92 Å². The van der Waals surface area contributed by atoms with Crippen LogP contribution in [0.4, 0.5) is 5.69 Å². The Labute approximate surface area is 156 Å². The molecule has 4 heteroatoms. The Morgan fingerprint density at radius 3 is 2.42 bits per heavy atom. The number of rotatable bonds is 5. The lowest BCUT2D eigenvalue weighted by Gasteiger charge is -2.29. The van der Waals surface area contributed by atoms with Crippen molar-refractivity contribution in [2.45, 2.75) is 32.7 Å². The first-order valence-corrected chi connectivity index (χ1v) is 9.32. The van der Waals surface area contributed by atoms with Crippen molar-refractivity contribution < 1.29 is 9.53 Å². The molecule has 1 saturated heterocycles. The average Bonchev–Trinajstić information content (AvgIpc) is 2.68. The first kappa shape index (κ1) is 18.3. The lowest BCUT2D eigenvalue weighted by Crippen LogP contribution is -2.29. The highest BCUT2D eigenvalue weighted by atomic mass is 16.5. The molecule has 2 aromatic carbocycles. The van der Waals surface area contributed by atoms with E-state index in [1.54, 1.807) is 12.0 Å². The fraction of sp³-hybridized carbons (Fsp3) is 0.409. The maximum absolute atomic E-state index is 12.8. The lowest BCUT2D eigenvalue weighted by atomic mass is 10.1. The Bertz CT molecular complexity index is 749. The summed E-state index contributed by atoms with van der Waals surface area (Å²) in [6.07, 6.45) is 3.89. The number of aryl methyl sites for hydroxylation is 1. The van der Waals surface area contributed by atoms with Crippen molar-refractivity contribution in [1.82, 2.24) is 4.90 Å². The molecule has 26 heavy (non-hydrogen) atoms. The Kier molecular flexibility index (Phi) is 5.82. The van der Waals surface area contributed by atoms with E-state index < -0.39 is 0 Å². The van der Waals surface area contributed by atoms with Crippen molar-refractivity contribution in [3.8, 4) is 5.75 Å². The van der Waals surface area contributed by atoms with Crippen LogP contribution in [-0.2, 0) is 6.54 Å². The van der Waals surface area contributed by atoms with Crippen LogP contribution in [0.5, 0.6) is 5.75 Å². The number of nitrogens with zero attached hydrogens (tertiary/aromatic N) is 2. The number of carbonyl (C=O) groups is 1. The maximum Gasteiger partial charge on any atom is 0.257 e. The van der Waals surface area contributed by atoms with Gasteiger partial charge < -0.3 is 14.5 Å². The first-order valence-electron chi connectivity index (χ1n) is 9.32. The van der Waals surface area contributed by atoms with Crippen molar-refractivity contribution in [3.05, 3.63) is 59.2 Å². The second-order valence-corrected chi connectivity index (χ2v) is 7.08. The number of anilines is 1. The molecule has 4 nitrogen and oxygen atoms in total. The molecule has 0 bridgehead atoms. The smallest absolute Gasteiger partial charge is 0.257 e. The fourth-order valence-electron chi connectivity index (χ4n) is 3.50. The van der Waals surface area contributed by atoms with E-state index >= 15 is 0 Å². The van der Waals surface area contributed by atoms with Gasteiger partial charge in [-0.3, -0.25) is 4.79 Å². The van der Waals surface area contributed by atoms with Gasteiger partial charge in [0.05, 0.1) is 12.7 Å². The number of hydrogen-bond donors (Lipinski definition) is 0. The van der Waals surface area contributed by atoms with E-state index in [-0.39, 0.29) is 5.91 Å². The highest BCUT2D eigenvalue weighted by Crippen LogP contribution is 2.23. The molecule has 1 aliphatic heterocycles. The van der Waals surface area contributed by atoms with E-state index in [1.807, 2.05) is 32.2 Å². The number of amides is 1. The third-order valence-corrected chi connectivity index (χ3v) is 5.01. The van der Waals surface area contributed by atoms with Gasteiger partial charge in [-0.05, 0) is 56.0 Å². The minimum atomic E-state index is -0.0225. The third kappa shape index (κ3) is 4.18. The van der Waals surface area contributed by atoms with E-state index in [9.17, 15) is 4.79 Å². The SMILES string of the molecule is COc1ccc(C)cc1C(=O)N(C)Cc1ccc(N2CCCCC2)cc1. The van der Waals surface area contributed by atoms with E-state index in [4.69, 9.17) is 4.74 Å². The number of methoxy groups -OCH3 is 1. The molecular formula is C22H28N2O2. The summed E-state index contributed by atoms with van der Waals surface area (Å²) in [6, 6.07) is 14.3. The minimum Gasteiger partial charge on any atom is -0.496 e. The van der Waals surface area contributed by atoms with E-state index in [1.165, 1.54) is 24.9 Å². The molecule has 0 radical (unpaired) electrons. The Hall–Kier alpha value is -2.49. The van der Waals surface area contributed by atoms with Crippen molar-refractivity contribution in [3.63, 3.8) is 0 Å². The molecule has 1 amide bonds. The van der Waals surface area contributed by atoms with E-state index in [0.29, 0.717) is 17.9 Å². The molecule has 0 aromatic heterocycles. The molecule has 0 unspecified atom stereocenters. The van der Waals surface area contributed by atoms with Crippen LogP contribution < -0.4 is 9.64 Å². The molecule has 0 aliphatic carbocycles. The standard InChI is InChI=1S/C22H28N2O2/c1-17-7-12-21(26-3)20(15-17)22(25)23(2)16-18-8-10-19(11-9-18)24-13-5-4-6-14-24/h7-12,15H,4-6,13-14,16H2,1-3H3. The van der Waals surface area contributed by atoms with E-state index in [2.05, 4.69) is 29.2 Å². The molecule has 3 rings (SSSR count). The normalized spacial score (nSPS) is 14.2. The van der Waals surface area contributed by atoms with Gasteiger partial charge in [0.25, 0.3) is 5.91 Å². The van der Waals surface area contributed by atoms with Gasteiger partial charge in [-0.25, -0.2) is 0 Å². The van der Waals surface area contributed by atoms with Crippen molar-refractivity contribution >= 4 is 11.6 Å². The number of ether oxygens (including phenoxy) is 1. The van der Waals surface area contributed by atoms with Gasteiger partial charge in [-0.1, -0.05) is 23.8 Å². The van der Waals surface area contributed by atoms with Crippen LogP contribution in [0.2, 0.25) is 0 Å². The van der Waals surface area contributed by atoms with Crippen LogP contribution in [0.3, 0.4) is 0 Å². The molecule has 0 saturated carbocycles. The van der Waals surface area contributed by atoms with Gasteiger partial charge in [0.1, 0.15) is 5.75 Å². The van der Waals surface area contributed by atoms with Crippen LogP contribution in [0.15, 0.2) is 42.5 Å². The average molecular weight is 352 g/mol. The summed E-state index contributed by atoms with van der Waals surface area (Å²) in [7, 11) is 3.43. The van der Waals surface area contributed by atoms with Crippen LogP contribution >= 0.6 is 0 Å². The second kappa shape index (κ2) is 8.26. The van der Waals surface area contributed by atoms with Gasteiger partial charge in [0.15, 0.2) is 0 Å². The summed E-state index contributed by atoms with van der Waals surface area (Å²) in [6.45, 7) is 4.85. The Balaban J connectivity index is 1.68. The molecule has 0 atom stereocenters. The highest BCUT2D eigenvalue weighted by Gasteiger charge is 2.17. The predicted octanol–water partition coefficient (Wildman–Crippen LogP) is 4.27. The number of hydrogen-bond acceptors (Lipinski definition) is 3. The summed E-state index contributed by atoms with van der Waals surface area (Å²) < 4.78 is 5.35. The largest absolute Gasteiger partial charge is 0.496 e. The molecular weight excluding hydrogens is 324 g/mol. The maximum atomic E-state index is 12.8. The Morgan fingerprint density at radius 2 is 1.77 bits per heavy atom. The third-order valence-electron chi connectivity index (χ3n) is 5.01. The molecule has 1 fully saturated rings. The highest BCUT2D eigenvalue weighted by molar-refractivity contribution is 5.97. The Morgan fingerprint density at radius 1 is 1.08 bits per heavy atom. The predicted molar refractivity (Wildman–Crippen MR) is 106 cm³/mol. The zero-order valence-electron chi connectivity index (χ0n) is 16.0. The second-order valence-electron chi connectivity index (χ2n) is 7.08. The van der Waals surface area contributed by atoms with Gasteiger partial charge in [-0.15, -0.1) is 0 Å². The van der Waals surface area contributed by atoms with Crippen molar-refractivity contribution in [1.29, 1.82) is 0 Å². The summed E-state index contributed by atoms with van der Waals surface area (Å²) in [4.78, 5) is 17.0. The fourth-order valence-corrected chi connectivity index (χ4v) is 3.50. The lowest BCUT2D eigenvalue weighted by molar-refractivity contribution is 0.0781. The van der Waals surface area contributed by atoms with Crippen LogP contribution in [0.1, 0.15) is 40.7 Å². The molecule has 0 N–H and O–H groups in total. The van der Waals surface area contributed by atoms with Crippen LogP contribution in [0.25, 0.3) is 0 Å². The number of benzene rings is 2. The molecule has 138 valence electrons. The molecule has 0 spiro atoms. The van der Waals surface area contributed by atoms with E-state index in [0.717, 1.165) is 24.2 Å². The van der Waals surface area contributed by atoms with Crippen molar-refractivity contribution in [2.24, 2.45) is 0 Å². The van der Waals surface area contributed by atoms with Crippen molar-refractivity contribution in [2.75, 3.05) is 32.1 Å². The monoisotopic (exact) mass is 352 g/mol. The van der Waals surface area contributed by atoms with Gasteiger partial charge in [0, 0.05) is 32.4 Å². The summed E-state index contributed by atoms with van der Waals surface area (Å²) in [5.41, 5.74) is 4.07. The van der Waals surface area contributed by atoms with Gasteiger partial charge in [-0.2, -0.15) is 0 Å². The number of carbonyl (C=O) groups excluding carboxylic acids is 1. The summed E-state index contributed by atoms with van der Waals surface area (Å²) in [5.74, 6) is 0.596. The molecule has 1 aliphatic rings. The first-order chi connectivity index (χ1) is 12.6. The van der Waals surface area contributed by atoms with Gasteiger partial charge >= 0.3 is 0 Å². The minimum absolute atomic E-state index is 0.0225. The van der Waals surface area contributed by atoms with Gasteiger partial charge in [0.2, 0.25) is 0 Å². The molecule has 1 heterocycles. The number of piperidine rings is 1.